The van der Waals surface area contributed by atoms with Crippen molar-refractivity contribution in [2.75, 3.05) is 20.3 Å². The minimum absolute atomic E-state index is 0.309. The molecule has 0 radical (unpaired) electrons. The molecule has 0 heterocycles. The third-order valence-electron chi connectivity index (χ3n) is 2.80. The monoisotopic (exact) mass is 303 g/mol. The van der Waals surface area contributed by atoms with Gasteiger partial charge in [-0.3, -0.25) is 4.79 Å². The van der Waals surface area contributed by atoms with E-state index >= 15 is 0 Å². The fraction of sp³-hybridized carbons (Fsp3) is 0.462. The van der Waals surface area contributed by atoms with E-state index in [9.17, 15) is 17.6 Å². The van der Waals surface area contributed by atoms with Crippen molar-refractivity contribution >= 4 is 15.7 Å². The largest absolute Gasteiger partial charge is 0.385 e. The van der Waals surface area contributed by atoms with Crippen LogP contribution in [0.25, 0.3) is 0 Å². The lowest BCUT2D eigenvalue weighted by atomic mass is 10.3. The van der Waals surface area contributed by atoms with Gasteiger partial charge >= 0.3 is 0 Å². The minimum Gasteiger partial charge on any atom is -0.385 e. The Morgan fingerprint density at radius 3 is 2.65 bits per heavy atom. The van der Waals surface area contributed by atoms with Crippen LogP contribution in [0.4, 0.5) is 4.39 Å². The maximum absolute atomic E-state index is 13.5. The van der Waals surface area contributed by atoms with E-state index in [1.807, 2.05) is 0 Å². The van der Waals surface area contributed by atoms with Gasteiger partial charge in [0.05, 0.1) is 0 Å². The zero-order valence-electron chi connectivity index (χ0n) is 11.4. The molecule has 0 aliphatic heterocycles. The fourth-order valence-electron chi connectivity index (χ4n) is 1.58. The summed E-state index contributed by atoms with van der Waals surface area (Å²) in [6.45, 7) is 2.02. The van der Waals surface area contributed by atoms with Crippen molar-refractivity contribution in [1.29, 1.82) is 0 Å². The molecule has 0 saturated heterocycles. The van der Waals surface area contributed by atoms with E-state index in [1.54, 1.807) is 0 Å². The number of ether oxygens (including phenoxy) is 1. The van der Waals surface area contributed by atoms with Crippen molar-refractivity contribution in [3.63, 3.8) is 0 Å². The van der Waals surface area contributed by atoms with Gasteiger partial charge in [-0.25, -0.2) is 12.8 Å². The van der Waals surface area contributed by atoms with Crippen LogP contribution in [0.15, 0.2) is 29.2 Å². The molecular formula is C13H18FNO4S. The van der Waals surface area contributed by atoms with Crippen LogP contribution in [-0.2, 0) is 19.4 Å². The zero-order chi connectivity index (χ0) is 15.2. The first kappa shape index (κ1) is 16.6. The molecular weight excluding hydrogens is 285 g/mol. The van der Waals surface area contributed by atoms with Gasteiger partial charge in [0, 0.05) is 20.3 Å². The lowest BCUT2D eigenvalue weighted by Crippen LogP contribution is -2.38. The molecule has 0 saturated carbocycles. The number of nitrogens with one attached hydrogen (secondary N) is 1. The number of halogens is 1. The molecule has 0 spiro atoms. The number of carbonyl (C=O) groups is 1. The van der Waals surface area contributed by atoms with Gasteiger partial charge in [-0.05, 0) is 25.5 Å². The molecule has 1 rings (SSSR count). The SMILES string of the molecule is COCCCNC(=O)C(C)S(=O)(=O)c1ccccc1F. The molecule has 20 heavy (non-hydrogen) atoms. The summed E-state index contributed by atoms with van der Waals surface area (Å²) in [5.41, 5.74) is 0. The Morgan fingerprint density at radius 2 is 2.05 bits per heavy atom. The van der Waals surface area contributed by atoms with E-state index in [-0.39, 0.29) is 0 Å². The molecule has 0 fully saturated rings. The summed E-state index contributed by atoms with van der Waals surface area (Å²) in [6, 6.07) is 5.01. The summed E-state index contributed by atoms with van der Waals surface area (Å²) in [7, 11) is -2.50. The topological polar surface area (TPSA) is 72.5 Å². The zero-order valence-corrected chi connectivity index (χ0v) is 12.2. The van der Waals surface area contributed by atoms with Crippen LogP contribution < -0.4 is 5.32 Å². The van der Waals surface area contributed by atoms with Gasteiger partial charge in [-0.2, -0.15) is 0 Å². The van der Waals surface area contributed by atoms with Crippen molar-refractivity contribution < 1.29 is 22.3 Å². The molecule has 0 aromatic heterocycles. The number of carbonyl (C=O) groups excluding carboxylic acids is 1. The van der Waals surface area contributed by atoms with E-state index in [2.05, 4.69) is 5.32 Å². The maximum Gasteiger partial charge on any atom is 0.238 e. The molecule has 0 aliphatic rings. The molecule has 1 unspecified atom stereocenters. The van der Waals surface area contributed by atoms with Crippen LogP contribution in [0.1, 0.15) is 13.3 Å². The molecule has 0 bridgehead atoms. The Bertz CT molecular complexity index is 559. The van der Waals surface area contributed by atoms with E-state index in [0.717, 1.165) is 12.1 Å². The van der Waals surface area contributed by atoms with Gasteiger partial charge in [-0.1, -0.05) is 12.1 Å². The molecule has 7 heteroatoms. The summed E-state index contributed by atoms with van der Waals surface area (Å²) in [4.78, 5) is 11.3. The Morgan fingerprint density at radius 1 is 1.40 bits per heavy atom. The molecule has 1 aromatic rings. The average Bonchev–Trinajstić information content (AvgIpc) is 2.42. The van der Waals surface area contributed by atoms with Gasteiger partial charge in [0.2, 0.25) is 5.91 Å². The standard InChI is InChI=1S/C13H18FNO4S/c1-10(13(16)15-8-5-9-19-2)20(17,18)12-7-4-3-6-11(12)14/h3-4,6-7,10H,5,8-9H2,1-2H3,(H,15,16). The predicted molar refractivity (Wildman–Crippen MR) is 72.6 cm³/mol. The summed E-state index contributed by atoms with van der Waals surface area (Å²) < 4.78 is 42.7. The number of sulfone groups is 1. The van der Waals surface area contributed by atoms with Gasteiger partial charge in [0.15, 0.2) is 9.84 Å². The maximum atomic E-state index is 13.5. The number of methoxy groups -OCH3 is 1. The summed E-state index contributed by atoms with van der Waals surface area (Å²) in [5, 5.41) is 1.15. The van der Waals surface area contributed by atoms with Crippen LogP contribution in [0.5, 0.6) is 0 Å². The molecule has 0 aliphatic carbocycles. The van der Waals surface area contributed by atoms with Crippen LogP contribution in [-0.4, -0.2) is 39.8 Å². The molecule has 1 amide bonds. The van der Waals surface area contributed by atoms with Crippen molar-refractivity contribution in [3.8, 4) is 0 Å². The highest BCUT2D eigenvalue weighted by Gasteiger charge is 2.31. The van der Waals surface area contributed by atoms with Gasteiger partial charge in [0.25, 0.3) is 0 Å². The van der Waals surface area contributed by atoms with E-state index in [1.165, 1.54) is 26.2 Å². The summed E-state index contributed by atoms with van der Waals surface area (Å²) in [5.74, 6) is -1.50. The molecule has 112 valence electrons. The number of amides is 1. The van der Waals surface area contributed by atoms with Crippen LogP contribution >= 0.6 is 0 Å². The molecule has 1 atom stereocenters. The third-order valence-corrected chi connectivity index (χ3v) is 4.89. The Labute approximate surface area is 118 Å². The molecule has 1 N–H and O–H groups in total. The molecule has 1 aromatic carbocycles. The Balaban J connectivity index is 2.77. The van der Waals surface area contributed by atoms with Crippen LogP contribution in [0, 0.1) is 5.82 Å². The fourth-order valence-corrected chi connectivity index (χ4v) is 2.93. The first-order valence-electron chi connectivity index (χ1n) is 6.16. The van der Waals surface area contributed by atoms with Crippen molar-refractivity contribution in [3.05, 3.63) is 30.1 Å². The second-order valence-corrected chi connectivity index (χ2v) is 6.49. The smallest absolute Gasteiger partial charge is 0.238 e. The lowest BCUT2D eigenvalue weighted by Gasteiger charge is -2.13. The summed E-state index contributed by atoms with van der Waals surface area (Å²) >= 11 is 0. The minimum atomic E-state index is -4.03. The summed E-state index contributed by atoms with van der Waals surface area (Å²) in [6.07, 6.45) is 0.578. The van der Waals surface area contributed by atoms with Gasteiger partial charge in [0.1, 0.15) is 16.0 Å². The highest BCUT2D eigenvalue weighted by atomic mass is 32.2. The quantitative estimate of drug-likeness (QED) is 0.767. The Kier molecular flexibility index (Phi) is 6.09. The molecule has 5 nitrogen and oxygen atoms in total. The Hall–Kier alpha value is -1.47. The van der Waals surface area contributed by atoms with E-state index in [0.29, 0.717) is 19.6 Å². The average molecular weight is 303 g/mol. The van der Waals surface area contributed by atoms with Crippen LogP contribution in [0.3, 0.4) is 0 Å². The van der Waals surface area contributed by atoms with Gasteiger partial charge in [-0.15, -0.1) is 0 Å². The highest BCUT2D eigenvalue weighted by Crippen LogP contribution is 2.19. The van der Waals surface area contributed by atoms with Crippen molar-refractivity contribution in [1.82, 2.24) is 5.32 Å². The second-order valence-electron chi connectivity index (χ2n) is 4.26. The number of benzene rings is 1. The third kappa shape index (κ3) is 4.01. The number of hydrogen-bond acceptors (Lipinski definition) is 4. The van der Waals surface area contributed by atoms with Crippen LogP contribution in [0.2, 0.25) is 0 Å². The van der Waals surface area contributed by atoms with Gasteiger partial charge < -0.3 is 10.1 Å². The normalized spacial score (nSPS) is 12.9. The predicted octanol–water partition coefficient (Wildman–Crippen LogP) is 1.14. The lowest BCUT2D eigenvalue weighted by molar-refractivity contribution is -0.120. The first-order chi connectivity index (χ1) is 9.41. The second kappa shape index (κ2) is 7.35. The van der Waals surface area contributed by atoms with Crippen molar-refractivity contribution in [2.45, 2.75) is 23.5 Å². The number of hydrogen-bond donors (Lipinski definition) is 1. The van der Waals surface area contributed by atoms with Crippen molar-refractivity contribution in [2.24, 2.45) is 0 Å². The highest BCUT2D eigenvalue weighted by molar-refractivity contribution is 7.92. The van der Waals surface area contributed by atoms with E-state index in [4.69, 9.17) is 4.74 Å². The number of rotatable bonds is 7. The van der Waals surface area contributed by atoms with E-state index < -0.39 is 31.7 Å². The first-order valence-corrected chi connectivity index (χ1v) is 7.71.